The van der Waals surface area contributed by atoms with Gasteiger partial charge in [0.1, 0.15) is 22.9 Å². The number of para-hydroxylation sites is 1. The lowest BCUT2D eigenvalue weighted by atomic mass is 10.1. The normalized spacial score (nSPS) is 18.4. The Morgan fingerprint density at radius 2 is 2.23 bits per heavy atom. The van der Waals surface area contributed by atoms with Crippen molar-refractivity contribution >= 4 is 5.69 Å². The fourth-order valence-corrected chi connectivity index (χ4v) is 1.40. The molecule has 1 aliphatic heterocycles. The zero-order valence-corrected chi connectivity index (χ0v) is 7.73. The zero-order chi connectivity index (χ0) is 9.47. The summed E-state index contributed by atoms with van der Waals surface area (Å²) in [6.07, 6.45) is 0. The van der Waals surface area contributed by atoms with Gasteiger partial charge in [0.2, 0.25) is 0 Å². The van der Waals surface area contributed by atoms with Gasteiger partial charge < -0.3 is 10.1 Å². The van der Waals surface area contributed by atoms with E-state index in [2.05, 4.69) is 5.32 Å². The average Bonchev–Trinajstić information content (AvgIpc) is 2.02. The van der Waals surface area contributed by atoms with Crippen LogP contribution in [0.2, 0.25) is 0 Å². The topological polar surface area (TPSA) is 21.3 Å². The third-order valence-electron chi connectivity index (χ3n) is 2.05. The van der Waals surface area contributed by atoms with E-state index in [9.17, 15) is 4.39 Å². The summed E-state index contributed by atoms with van der Waals surface area (Å²) in [5, 5.41) is 3.02. The number of hydrogen-bond donors (Lipinski definition) is 1. The number of nitrogens with one attached hydrogen (secondary N) is 1. The summed E-state index contributed by atoms with van der Waals surface area (Å²) in [5.41, 5.74) is 0.211. The van der Waals surface area contributed by atoms with E-state index in [4.69, 9.17) is 4.74 Å². The Morgan fingerprint density at radius 1 is 1.46 bits per heavy atom. The highest BCUT2D eigenvalue weighted by atomic mass is 19.1. The van der Waals surface area contributed by atoms with Crippen molar-refractivity contribution in [1.29, 1.82) is 0 Å². The van der Waals surface area contributed by atoms with E-state index in [1.54, 1.807) is 12.1 Å². The van der Waals surface area contributed by atoms with Gasteiger partial charge in [-0.05, 0) is 26.0 Å². The molecule has 0 radical (unpaired) electrons. The SMILES string of the molecule is CC1(C)CNc2c(F)cccc2O1. The first kappa shape index (κ1) is 8.35. The Morgan fingerprint density at radius 3 is 3.00 bits per heavy atom. The number of fused-ring (bicyclic) bond motifs is 1. The van der Waals surface area contributed by atoms with Crippen LogP contribution in [0.15, 0.2) is 18.2 Å². The molecule has 0 aliphatic carbocycles. The molecule has 0 spiro atoms. The second-order valence-electron chi connectivity index (χ2n) is 3.83. The van der Waals surface area contributed by atoms with Crippen molar-refractivity contribution < 1.29 is 9.13 Å². The van der Waals surface area contributed by atoms with Gasteiger partial charge in [-0.1, -0.05) is 6.07 Å². The number of anilines is 1. The van der Waals surface area contributed by atoms with Crippen LogP contribution in [-0.2, 0) is 0 Å². The van der Waals surface area contributed by atoms with Crippen LogP contribution in [0.3, 0.4) is 0 Å². The summed E-state index contributed by atoms with van der Waals surface area (Å²) in [5.74, 6) is 0.337. The first-order valence-electron chi connectivity index (χ1n) is 4.30. The minimum atomic E-state index is -0.263. The maximum absolute atomic E-state index is 13.2. The minimum Gasteiger partial charge on any atom is -0.484 e. The van der Waals surface area contributed by atoms with Crippen molar-refractivity contribution in [2.75, 3.05) is 11.9 Å². The Balaban J connectivity index is 2.42. The molecule has 3 heteroatoms. The van der Waals surface area contributed by atoms with Gasteiger partial charge in [-0.15, -0.1) is 0 Å². The number of hydrogen-bond acceptors (Lipinski definition) is 2. The standard InChI is InChI=1S/C10H12FNO/c1-10(2)6-12-9-7(11)4-3-5-8(9)13-10/h3-5,12H,6H2,1-2H3. The zero-order valence-electron chi connectivity index (χ0n) is 7.73. The number of ether oxygens (including phenoxy) is 1. The van der Waals surface area contributed by atoms with E-state index in [-0.39, 0.29) is 11.4 Å². The lowest BCUT2D eigenvalue weighted by Crippen LogP contribution is -2.40. The third-order valence-corrected chi connectivity index (χ3v) is 2.05. The van der Waals surface area contributed by atoms with Crippen molar-refractivity contribution in [1.82, 2.24) is 0 Å². The highest BCUT2D eigenvalue weighted by molar-refractivity contribution is 5.59. The molecule has 13 heavy (non-hydrogen) atoms. The van der Waals surface area contributed by atoms with Crippen LogP contribution in [0.1, 0.15) is 13.8 Å². The lowest BCUT2D eigenvalue weighted by Gasteiger charge is -2.33. The quantitative estimate of drug-likeness (QED) is 0.663. The van der Waals surface area contributed by atoms with Crippen LogP contribution in [-0.4, -0.2) is 12.1 Å². The highest BCUT2D eigenvalue weighted by Crippen LogP contribution is 2.34. The van der Waals surface area contributed by atoms with Gasteiger partial charge in [0.25, 0.3) is 0 Å². The minimum absolute atomic E-state index is 0.256. The van der Waals surface area contributed by atoms with E-state index < -0.39 is 0 Å². The predicted octanol–water partition coefficient (Wildman–Crippen LogP) is 2.41. The largest absolute Gasteiger partial charge is 0.484 e. The van der Waals surface area contributed by atoms with Gasteiger partial charge in [0.15, 0.2) is 0 Å². The molecule has 1 aromatic rings. The molecule has 0 saturated carbocycles. The van der Waals surface area contributed by atoms with Crippen molar-refractivity contribution in [2.45, 2.75) is 19.4 Å². The summed E-state index contributed by atoms with van der Waals surface area (Å²) in [4.78, 5) is 0. The van der Waals surface area contributed by atoms with E-state index in [1.807, 2.05) is 13.8 Å². The van der Waals surface area contributed by atoms with Crippen LogP contribution in [0.5, 0.6) is 5.75 Å². The first-order valence-corrected chi connectivity index (χ1v) is 4.30. The van der Waals surface area contributed by atoms with Crippen molar-refractivity contribution in [3.63, 3.8) is 0 Å². The van der Waals surface area contributed by atoms with Gasteiger partial charge in [0.05, 0.1) is 6.54 Å². The van der Waals surface area contributed by atoms with Crippen LogP contribution in [0.25, 0.3) is 0 Å². The second-order valence-corrected chi connectivity index (χ2v) is 3.83. The molecule has 1 N–H and O–H groups in total. The maximum Gasteiger partial charge on any atom is 0.150 e. The summed E-state index contributed by atoms with van der Waals surface area (Å²) in [6, 6.07) is 4.84. The molecular formula is C10H12FNO. The van der Waals surface area contributed by atoms with Gasteiger partial charge in [-0.25, -0.2) is 4.39 Å². The second kappa shape index (κ2) is 2.62. The smallest absolute Gasteiger partial charge is 0.150 e. The monoisotopic (exact) mass is 181 g/mol. The molecule has 0 aromatic heterocycles. The van der Waals surface area contributed by atoms with Crippen molar-refractivity contribution in [3.8, 4) is 5.75 Å². The van der Waals surface area contributed by atoms with Gasteiger partial charge in [0, 0.05) is 0 Å². The molecule has 0 amide bonds. The predicted molar refractivity (Wildman–Crippen MR) is 49.6 cm³/mol. The number of rotatable bonds is 0. The molecule has 2 rings (SSSR count). The van der Waals surface area contributed by atoms with E-state index in [0.29, 0.717) is 18.0 Å². The number of halogens is 1. The Kier molecular flexibility index (Phi) is 1.68. The third kappa shape index (κ3) is 1.46. The van der Waals surface area contributed by atoms with E-state index >= 15 is 0 Å². The molecule has 0 bridgehead atoms. The maximum atomic E-state index is 13.2. The number of benzene rings is 1. The molecule has 0 unspecified atom stereocenters. The molecule has 1 aliphatic rings. The Hall–Kier alpha value is -1.25. The molecule has 1 aromatic carbocycles. The van der Waals surface area contributed by atoms with Gasteiger partial charge >= 0.3 is 0 Å². The molecule has 1 heterocycles. The van der Waals surface area contributed by atoms with Crippen LogP contribution >= 0.6 is 0 Å². The fourth-order valence-electron chi connectivity index (χ4n) is 1.40. The molecular weight excluding hydrogens is 169 g/mol. The average molecular weight is 181 g/mol. The van der Waals surface area contributed by atoms with E-state index in [0.717, 1.165) is 0 Å². The van der Waals surface area contributed by atoms with Gasteiger partial charge in [-0.2, -0.15) is 0 Å². The van der Waals surface area contributed by atoms with Crippen molar-refractivity contribution in [3.05, 3.63) is 24.0 Å². The highest BCUT2D eigenvalue weighted by Gasteiger charge is 2.27. The molecule has 0 saturated heterocycles. The Labute approximate surface area is 76.7 Å². The van der Waals surface area contributed by atoms with Crippen molar-refractivity contribution in [2.24, 2.45) is 0 Å². The van der Waals surface area contributed by atoms with Gasteiger partial charge in [-0.3, -0.25) is 0 Å². The first-order chi connectivity index (χ1) is 6.08. The Bertz CT molecular complexity index is 336. The molecule has 70 valence electrons. The summed E-state index contributed by atoms with van der Waals surface area (Å²) < 4.78 is 18.8. The van der Waals surface area contributed by atoms with Crippen LogP contribution in [0, 0.1) is 5.82 Å². The summed E-state index contributed by atoms with van der Waals surface area (Å²) in [6.45, 7) is 4.56. The van der Waals surface area contributed by atoms with Crippen LogP contribution < -0.4 is 10.1 Å². The molecule has 2 nitrogen and oxygen atoms in total. The lowest BCUT2D eigenvalue weighted by molar-refractivity contribution is 0.115. The summed E-state index contributed by atoms with van der Waals surface area (Å²) >= 11 is 0. The van der Waals surface area contributed by atoms with E-state index in [1.165, 1.54) is 6.07 Å². The summed E-state index contributed by atoms with van der Waals surface area (Å²) in [7, 11) is 0. The molecule has 0 fully saturated rings. The van der Waals surface area contributed by atoms with Crippen LogP contribution in [0.4, 0.5) is 10.1 Å². The fraction of sp³-hybridized carbons (Fsp3) is 0.400. The molecule has 0 atom stereocenters.